The van der Waals surface area contributed by atoms with Gasteiger partial charge in [0.05, 0.1) is 10.8 Å². The summed E-state index contributed by atoms with van der Waals surface area (Å²) in [6.07, 6.45) is 2.63. The molecule has 9 heteroatoms. The number of hydrogen-bond acceptors (Lipinski definition) is 5. The number of rotatable bonds is 5. The van der Waals surface area contributed by atoms with Crippen LogP contribution in [0.5, 0.6) is 0 Å². The monoisotopic (exact) mass is 389 g/mol. The van der Waals surface area contributed by atoms with E-state index in [-0.39, 0.29) is 35.0 Å². The van der Waals surface area contributed by atoms with Crippen LogP contribution < -0.4 is 11.1 Å². The highest BCUT2D eigenvalue weighted by atomic mass is 35.5. The van der Waals surface area contributed by atoms with Gasteiger partial charge < -0.3 is 16.0 Å². The zero-order valence-corrected chi connectivity index (χ0v) is 15.7. The maximum Gasteiger partial charge on any atom is 0.253 e. The predicted octanol–water partition coefficient (Wildman–Crippen LogP) is 0.439. The number of sulfone groups is 1. The zero-order valence-electron chi connectivity index (χ0n) is 14.1. The first-order valence-electron chi connectivity index (χ1n) is 7.90. The van der Waals surface area contributed by atoms with Crippen molar-refractivity contribution in [3.05, 3.63) is 29.8 Å². The fraction of sp³-hybridized carbons (Fsp3) is 0.500. The average molecular weight is 390 g/mol. The van der Waals surface area contributed by atoms with Crippen LogP contribution in [-0.4, -0.2) is 57.6 Å². The molecule has 2 amide bonds. The molecule has 3 N–H and O–H groups in total. The number of carbonyl (C=O) groups excluding carboxylic acids is 2. The van der Waals surface area contributed by atoms with E-state index < -0.39 is 9.84 Å². The van der Waals surface area contributed by atoms with Crippen molar-refractivity contribution in [2.45, 2.75) is 17.7 Å². The predicted molar refractivity (Wildman–Crippen MR) is 97.5 cm³/mol. The highest BCUT2D eigenvalue weighted by Gasteiger charge is 2.28. The summed E-state index contributed by atoms with van der Waals surface area (Å²) < 4.78 is 22.9. The normalized spacial score (nSPS) is 17.5. The van der Waals surface area contributed by atoms with Gasteiger partial charge in [0.2, 0.25) is 5.91 Å². The first-order chi connectivity index (χ1) is 11.3. The maximum absolute atomic E-state index is 12.6. The number of nitrogens with zero attached hydrogens (tertiary/aromatic N) is 1. The van der Waals surface area contributed by atoms with Crippen molar-refractivity contribution in [2.75, 3.05) is 32.4 Å². The summed E-state index contributed by atoms with van der Waals surface area (Å²) in [4.78, 5) is 26.4. The molecule has 1 aliphatic rings. The molecular weight excluding hydrogens is 366 g/mol. The van der Waals surface area contributed by atoms with Crippen LogP contribution in [-0.2, 0) is 14.6 Å². The third-order valence-corrected chi connectivity index (χ3v) is 5.18. The largest absolute Gasteiger partial charge is 0.355 e. The Balaban J connectivity index is 0.00000312. The second-order valence-corrected chi connectivity index (χ2v) is 7.98. The van der Waals surface area contributed by atoms with Crippen LogP contribution in [0.15, 0.2) is 29.2 Å². The molecular formula is C16H24ClN3O4S. The Kier molecular flexibility index (Phi) is 7.85. The quantitative estimate of drug-likeness (QED) is 0.759. The molecule has 2 rings (SSSR count). The van der Waals surface area contributed by atoms with Crippen LogP contribution in [0.4, 0.5) is 0 Å². The van der Waals surface area contributed by atoms with Crippen LogP contribution in [0.1, 0.15) is 23.2 Å². The Morgan fingerprint density at radius 3 is 2.48 bits per heavy atom. The number of benzene rings is 1. The van der Waals surface area contributed by atoms with E-state index in [9.17, 15) is 18.0 Å². The Hall–Kier alpha value is -1.64. The van der Waals surface area contributed by atoms with Gasteiger partial charge >= 0.3 is 0 Å². The fourth-order valence-corrected chi connectivity index (χ4v) is 3.37. The van der Waals surface area contributed by atoms with E-state index in [4.69, 9.17) is 5.73 Å². The van der Waals surface area contributed by atoms with Crippen molar-refractivity contribution < 1.29 is 18.0 Å². The molecule has 1 fully saturated rings. The van der Waals surface area contributed by atoms with Crippen LogP contribution in [0.3, 0.4) is 0 Å². The first kappa shape index (κ1) is 21.4. The molecule has 1 atom stereocenters. The lowest BCUT2D eigenvalue weighted by molar-refractivity contribution is -0.126. The molecule has 0 saturated carbocycles. The van der Waals surface area contributed by atoms with Crippen LogP contribution in [0.25, 0.3) is 0 Å². The van der Waals surface area contributed by atoms with E-state index in [2.05, 4.69) is 5.32 Å². The van der Waals surface area contributed by atoms with Crippen molar-refractivity contribution in [3.63, 3.8) is 0 Å². The van der Waals surface area contributed by atoms with Crippen molar-refractivity contribution in [1.29, 1.82) is 0 Å². The average Bonchev–Trinajstić information content (AvgIpc) is 2.58. The number of nitrogens with two attached hydrogens (primary N) is 1. The molecule has 0 spiro atoms. The summed E-state index contributed by atoms with van der Waals surface area (Å²) >= 11 is 0. The van der Waals surface area contributed by atoms with Gasteiger partial charge in [0.1, 0.15) is 0 Å². The van der Waals surface area contributed by atoms with Crippen molar-refractivity contribution >= 4 is 34.1 Å². The van der Waals surface area contributed by atoms with E-state index >= 15 is 0 Å². The standard InChI is InChI=1S/C16H23N3O4S.ClH/c1-24(22,23)14-6-4-12(5-7-14)16(21)19-10-2-3-13(11-19)15(20)18-9-8-17;/h4-7,13H,2-3,8-11,17H2,1H3,(H,18,20);1H. The molecule has 140 valence electrons. The minimum absolute atomic E-state index is 0. The number of amides is 2. The Morgan fingerprint density at radius 1 is 1.28 bits per heavy atom. The van der Waals surface area contributed by atoms with Crippen molar-refractivity contribution in [2.24, 2.45) is 11.7 Å². The van der Waals surface area contributed by atoms with Gasteiger partial charge in [-0.05, 0) is 37.1 Å². The van der Waals surface area contributed by atoms with Gasteiger partial charge in [0.15, 0.2) is 9.84 Å². The molecule has 1 aromatic rings. The summed E-state index contributed by atoms with van der Waals surface area (Å²) in [5.74, 6) is -0.499. The molecule has 1 aliphatic heterocycles. The molecule has 1 aromatic carbocycles. The van der Waals surface area contributed by atoms with Gasteiger partial charge in [-0.3, -0.25) is 9.59 Å². The Bertz CT molecular complexity index is 707. The number of halogens is 1. The Labute approximate surface area is 154 Å². The molecule has 0 bridgehead atoms. The van der Waals surface area contributed by atoms with Crippen molar-refractivity contribution in [3.8, 4) is 0 Å². The molecule has 0 aromatic heterocycles. The molecule has 0 radical (unpaired) electrons. The first-order valence-corrected chi connectivity index (χ1v) is 9.79. The number of piperidine rings is 1. The summed E-state index contributed by atoms with van der Waals surface area (Å²) in [5, 5.41) is 2.76. The highest BCUT2D eigenvalue weighted by Crippen LogP contribution is 2.19. The number of hydrogen-bond donors (Lipinski definition) is 2. The number of likely N-dealkylation sites (tertiary alicyclic amines) is 1. The SMILES string of the molecule is CS(=O)(=O)c1ccc(C(=O)N2CCCC(C(=O)NCCN)C2)cc1.Cl. The van der Waals surface area contributed by atoms with E-state index in [1.54, 1.807) is 4.90 Å². The summed E-state index contributed by atoms with van der Waals surface area (Å²) in [5.41, 5.74) is 5.80. The molecule has 1 saturated heterocycles. The van der Waals surface area contributed by atoms with Gasteiger partial charge in [-0.1, -0.05) is 0 Å². The lowest BCUT2D eigenvalue weighted by Gasteiger charge is -2.32. The summed E-state index contributed by atoms with van der Waals surface area (Å²) in [7, 11) is -3.29. The Morgan fingerprint density at radius 2 is 1.92 bits per heavy atom. The van der Waals surface area contributed by atoms with E-state index in [1.165, 1.54) is 24.3 Å². The van der Waals surface area contributed by atoms with Gasteiger partial charge in [-0.25, -0.2) is 8.42 Å². The minimum atomic E-state index is -3.29. The zero-order chi connectivity index (χ0) is 17.7. The summed E-state index contributed by atoms with van der Waals surface area (Å²) in [6.45, 7) is 1.76. The fourth-order valence-electron chi connectivity index (χ4n) is 2.74. The minimum Gasteiger partial charge on any atom is -0.355 e. The number of carbonyl (C=O) groups is 2. The van der Waals surface area contributed by atoms with Gasteiger partial charge in [0.25, 0.3) is 5.91 Å². The van der Waals surface area contributed by atoms with Gasteiger partial charge in [-0.15, -0.1) is 12.4 Å². The molecule has 1 heterocycles. The smallest absolute Gasteiger partial charge is 0.253 e. The maximum atomic E-state index is 12.6. The van der Waals surface area contributed by atoms with Crippen LogP contribution >= 0.6 is 12.4 Å². The summed E-state index contributed by atoms with van der Waals surface area (Å²) in [6, 6.07) is 5.88. The number of nitrogens with one attached hydrogen (secondary N) is 1. The van der Waals surface area contributed by atoms with E-state index in [1.807, 2.05) is 0 Å². The third-order valence-electron chi connectivity index (χ3n) is 4.05. The van der Waals surface area contributed by atoms with Crippen molar-refractivity contribution in [1.82, 2.24) is 10.2 Å². The molecule has 0 aliphatic carbocycles. The van der Waals surface area contributed by atoms with Gasteiger partial charge in [-0.2, -0.15) is 0 Å². The second kappa shape index (κ2) is 9.17. The topological polar surface area (TPSA) is 110 Å². The molecule has 25 heavy (non-hydrogen) atoms. The highest BCUT2D eigenvalue weighted by molar-refractivity contribution is 7.90. The molecule has 1 unspecified atom stereocenters. The van der Waals surface area contributed by atoms with Crippen LogP contribution in [0, 0.1) is 5.92 Å². The van der Waals surface area contributed by atoms with Gasteiger partial charge in [0, 0.05) is 38.0 Å². The van der Waals surface area contributed by atoms with E-state index in [0.29, 0.717) is 31.7 Å². The lowest BCUT2D eigenvalue weighted by atomic mass is 9.96. The third kappa shape index (κ3) is 5.69. The molecule has 7 nitrogen and oxygen atoms in total. The van der Waals surface area contributed by atoms with E-state index in [0.717, 1.165) is 19.1 Å². The second-order valence-electron chi connectivity index (χ2n) is 5.97. The van der Waals surface area contributed by atoms with Crippen LogP contribution in [0.2, 0.25) is 0 Å². The lowest BCUT2D eigenvalue weighted by Crippen LogP contribution is -2.46.